The quantitative estimate of drug-likeness (QED) is 0.678. The predicted octanol–water partition coefficient (Wildman–Crippen LogP) is 2.64. The Bertz CT molecular complexity index is 641. The molecule has 0 fully saturated rings. The Kier molecular flexibility index (Phi) is 4.31. The van der Waals surface area contributed by atoms with Crippen LogP contribution in [0.2, 0.25) is 0 Å². The molecule has 0 aliphatic heterocycles. The molecule has 0 aliphatic carbocycles. The summed E-state index contributed by atoms with van der Waals surface area (Å²) in [5.41, 5.74) is 1.81. The molecule has 110 valence electrons. The first kappa shape index (κ1) is 13.8. The molecule has 3 rings (SSSR count). The molecule has 1 atom stereocenters. The minimum Gasteiger partial charge on any atom is -0.441 e. The molecule has 5 heteroatoms. The number of oxazole rings is 1. The molecular formula is C16H20N4O. The number of aromatic nitrogens is 3. The van der Waals surface area contributed by atoms with E-state index in [-0.39, 0.29) is 0 Å². The molecule has 2 aromatic heterocycles. The minimum absolute atomic E-state index is 0.397. The number of hydrogen-bond acceptors (Lipinski definition) is 4. The van der Waals surface area contributed by atoms with Crippen molar-refractivity contribution in [2.24, 2.45) is 0 Å². The van der Waals surface area contributed by atoms with Crippen molar-refractivity contribution < 1.29 is 4.42 Å². The minimum atomic E-state index is 0.397. The fraction of sp³-hybridized carbons (Fsp3) is 0.375. The Morgan fingerprint density at radius 2 is 2.19 bits per heavy atom. The fourth-order valence-electron chi connectivity index (χ4n) is 2.37. The predicted molar refractivity (Wildman–Crippen MR) is 82.0 cm³/mol. The second-order valence-corrected chi connectivity index (χ2v) is 5.26. The van der Waals surface area contributed by atoms with Gasteiger partial charge in [-0.2, -0.15) is 5.10 Å². The van der Waals surface area contributed by atoms with Crippen LogP contribution in [0.15, 0.2) is 47.1 Å². The van der Waals surface area contributed by atoms with Crippen LogP contribution >= 0.6 is 0 Å². The maximum Gasteiger partial charge on any atom is 0.195 e. The van der Waals surface area contributed by atoms with E-state index < -0.39 is 0 Å². The monoisotopic (exact) mass is 284 g/mol. The van der Waals surface area contributed by atoms with Crippen LogP contribution in [0.25, 0.3) is 11.1 Å². The van der Waals surface area contributed by atoms with Crippen LogP contribution in [0.3, 0.4) is 0 Å². The molecule has 0 spiro atoms. The molecule has 21 heavy (non-hydrogen) atoms. The standard InChI is InChI=1S/C16H20N4O/c1-13(12-20-11-5-10-18-20)17-9-4-8-16-19-14-6-2-3-7-15(14)21-16/h2-3,5-7,10-11,13,17H,4,8-9,12H2,1H3/t13-/m0/s1. The van der Waals surface area contributed by atoms with Crippen LogP contribution in [-0.4, -0.2) is 27.4 Å². The summed E-state index contributed by atoms with van der Waals surface area (Å²) in [5.74, 6) is 0.817. The summed E-state index contributed by atoms with van der Waals surface area (Å²) >= 11 is 0. The molecule has 0 bridgehead atoms. The molecule has 3 aromatic rings. The molecule has 1 aromatic carbocycles. The Morgan fingerprint density at radius 1 is 1.29 bits per heavy atom. The number of benzene rings is 1. The number of nitrogens with one attached hydrogen (secondary N) is 1. The van der Waals surface area contributed by atoms with E-state index in [9.17, 15) is 0 Å². The van der Waals surface area contributed by atoms with E-state index in [2.05, 4.69) is 22.3 Å². The van der Waals surface area contributed by atoms with Gasteiger partial charge in [0.1, 0.15) is 5.52 Å². The van der Waals surface area contributed by atoms with Gasteiger partial charge in [-0.05, 0) is 38.1 Å². The van der Waals surface area contributed by atoms with Crippen molar-refractivity contribution in [2.45, 2.75) is 32.4 Å². The van der Waals surface area contributed by atoms with E-state index in [4.69, 9.17) is 4.42 Å². The van der Waals surface area contributed by atoms with Gasteiger partial charge in [-0.1, -0.05) is 12.1 Å². The second-order valence-electron chi connectivity index (χ2n) is 5.26. The summed E-state index contributed by atoms with van der Waals surface area (Å²) in [6.07, 6.45) is 5.66. The van der Waals surface area contributed by atoms with Crippen LogP contribution < -0.4 is 5.32 Å². The maximum absolute atomic E-state index is 5.71. The molecule has 0 saturated carbocycles. The van der Waals surface area contributed by atoms with Crippen LogP contribution in [0.1, 0.15) is 19.2 Å². The van der Waals surface area contributed by atoms with Gasteiger partial charge in [0, 0.05) is 24.9 Å². The first-order valence-corrected chi connectivity index (χ1v) is 7.36. The largest absolute Gasteiger partial charge is 0.441 e. The topological polar surface area (TPSA) is 55.9 Å². The van der Waals surface area contributed by atoms with Crippen molar-refractivity contribution in [2.75, 3.05) is 6.54 Å². The van der Waals surface area contributed by atoms with Crippen LogP contribution in [-0.2, 0) is 13.0 Å². The molecule has 0 radical (unpaired) electrons. The summed E-state index contributed by atoms with van der Waals surface area (Å²) in [7, 11) is 0. The third kappa shape index (κ3) is 3.70. The van der Waals surface area contributed by atoms with Gasteiger partial charge in [-0.15, -0.1) is 0 Å². The molecule has 0 unspecified atom stereocenters. The van der Waals surface area contributed by atoms with E-state index in [1.54, 1.807) is 6.20 Å². The normalized spacial score (nSPS) is 12.8. The van der Waals surface area contributed by atoms with Crippen molar-refractivity contribution >= 4 is 11.1 Å². The second kappa shape index (κ2) is 6.54. The van der Waals surface area contributed by atoms with Gasteiger partial charge in [-0.3, -0.25) is 4.68 Å². The van der Waals surface area contributed by atoms with Crippen molar-refractivity contribution in [3.05, 3.63) is 48.6 Å². The van der Waals surface area contributed by atoms with E-state index in [0.717, 1.165) is 42.9 Å². The maximum atomic E-state index is 5.71. The van der Waals surface area contributed by atoms with E-state index >= 15 is 0 Å². The molecule has 5 nitrogen and oxygen atoms in total. The fourth-order valence-corrected chi connectivity index (χ4v) is 2.37. The van der Waals surface area contributed by atoms with Gasteiger partial charge < -0.3 is 9.73 Å². The zero-order valence-electron chi connectivity index (χ0n) is 12.2. The number of rotatable bonds is 7. The summed E-state index contributed by atoms with van der Waals surface area (Å²) in [5, 5.41) is 7.70. The average molecular weight is 284 g/mol. The number of fused-ring (bicyclic) bond motifs is 1. The average Bonchev–Trinajstić information content (AvgIpc) is 3.12. The summed E-state index contributed by atoms with van der Waals surface area (Å²) < 4.78 is 7.65. The lowest BCUT2D eigenvalue weighted by atomic mass is 10.2. The zero-order chi connectivity index (χ0) is 14.5. The molecule has 0 saturated heterocycles. The Labute approximate surface area is 124 Å². The lowest BCUT2D eigenvalue weighted by Crippen LogP contribution is -2.31. The third-order valence-electron chi connectivity index (χ3n) is 3.42. The number of nitrogens with zero attached hydrogens (tertiary/aromatic N) is 3. The molecular weight excluding hydrogens is 264 g/mol. The first-order valence-electron chi connectivity index (χ1n) is 7.36. The van der Waals surface area contributed by atoms with Gasteiger partial charge in [0.25, 0.3) is 0 Å². The smallest absolute Gasteiger partial charge is 0.195 e. The van der Waals surface area contributed by atoms with E-state index in [1.165, 1.54) is 0 Å². The highest BCUT2D eigenvalue weighted by molar-refractivity contribution is 5.72. The first-order chi connectivity index (χ1) is 10.3. The van der Waals surface area contributed by atoms with Crippen LogP contribution in [0, 0.1) is 0 Å². The van der Waals surface area contributed by atoms with Gasteiger partial charge in [0.2, 0.25) is 0 Å². The van der Waals surface area contributed by atoms with Crippen molar-refractivity contribution in [3.8, 4) is 0 Å². The highest BCUT2D eigenvalue weighted by Gasteiger charge is 2.06. The zero-order valence-corrected chi connectivity index (χ0v) is 12.2. The van der Waals surface area contributed by atoms with Gasteiger partial charge in [-0.25, -0.2) is 4.98 Å². The van der Waals surface area contributed by atoms with Crippen LogP contribution in [0.5, 0.6) is 0 Å². The molecule has 0 amide bonds. The van der Waals surface area contributed by atoms with Gasteiger partial charge in [0.05, 0.1) is 6.54 Å². The highest BCUT2D eigenvalue weighted by Crippen LogP contribution is 2.15. The van der Waals surface area contributed by atoms with Gasteiger partial charge in [0.15, 0.2) is 11.5 Å². The molecule has 1 N–H and O–H groups in total. The van der Waals surface area contributed by atoms with E-state index in [0.29, 0.717) is 6.04 Å². The number of aryl methyl sites for hydroxylation is 1. The Morgan fingerprint density at radius 3 is 3.00 bits per heavy atom. The van der Waals surface area contributed by atoms with Crippen molar-refractivity contribution in [1.29, 1.82) is 0 Å². The summed E-state index contributed by atoms with van der Waals surface area (Å²) in [6, 6.07) is 10.2. The Hall–Kier alpha value is -2.14. The number of para-hydroxylation sites is 2. The van der Waals surface area contributed by atoms with E-state index in [1.807, 2.05) is 41.2 Å². The van der Waals surface area contributed by atoms with Crippen molar-refractivity contribution in [3.63, 3.8) is 0 Å². The number of hydrogen-bond donors (Lipinski definition) is 1. The molecule has 2 heterocycles. The lowest BCUT2D eigenvalue weighted by Gasteiger charge is -2.13. The highest BCUT2D eigenvalue weighted by atomic mass is 16.3. The SMILES string of the molecule is C[C@@H](Cn1cccn1)NCCCc1nc2ccccc2o1. The van der Waals surface area contributed by atoms with Crippen LogP contribution in [0.4, 0.5) is 0 Å². The lowest BCUT2D eigenvalue weighted by molar-refractivity contribution is 0.439. The van der Waals surface area contributed by atoms with Crippen molar-refractivity contribution in [1.82, 2.24) is 20.1 Å². The summed E-state index contributed by atoms with van der Waals surface area (Å²) in [6.45, 7) is 4.00. The van der Waals surface area contributed by atoms with Gasteiger partial charge >= 0.3 is 0 Å². The summed E-state index contributed by atoms with van der Waals surface area (Å²) in [4.78, 5) is 4.48. The Balaban J connectivity index is 1.41. The molecule has 0 aliphatic rings. The third-order valence-corrected chi connectivity index (χ3v) is 3.42.